The van der Waals surface area contributed by atoms with Crippen LogP contribution in [-0.4, -0.2) is 31.2 Å². The first-order valence-corrected chi connectivity index (χ1v) is 11.6. The molecule has 0 radical (unpaired) electrons. The summed E-state index contributed by atoms with van der Waals surface area (Å²) in [5, 5.41) is 6.28. The maximum absolute atomic E-state index is 13.0. The lowest BCUT2D eigenvalue weighted by Crippen LogP contribution is -2.15. The number of thiophene rings is 1. The second-order valence-electron chi connectivity index (χ2n) is 7.08. The number of fused-ring (bicyclic) bond motifs is 1. The number of carbonyl (C=O) groups excluding carboxylic acids is 3. The Balaban J connectivity index is 1.65. The van der Waals surface area contributed by atoms with Gasteiger partial charge in [-0.3, -0.25) is 9.59 Å². The van der Waals surface area contributed by atoms with Crippen LogP contribution in [0, 0.1) is 6.92 Å². The van der Waals surface area contributed by atoms with E-state index in [1.165, 1.54) is 12.1 Å². The van der Waals surface area contributed by atoms with Crippen LogP contribution in [0.2, 0.25) is 10.0 Å². The topological polar surface area (TPSA) is 103 Å². The molecule has 0 aliphatic carbocycles. The van der Waals surface area contributed by atoms with E-state index in [4.69, 9.17) is 37.4 Å². The van der Waals surface area contributed by atoms with Crippen LogP contribution in [-0.2, 0) is 4.74 Å². The fourth-order valence-electron chi connectivity index (χ4n) is 3.25. The zero-order chi connectivity index (χ0) is 24.4. The molecule has 11 heteroatoms. The lowest BCUT2D eigenvalue weighted by molar-refractivity contribution is 0.0527. The molecular formula is C23H18Cl2N2O6S. The lowest BCUT2D eigenvalue weighted by atomic mass is 10.1. The van der Waals surface area contributed by atoms with Gasteiger partial charge in [-0.25, -0.2) is 4.79 Å². The first-order valence-electron chi connectivity index (χ1n) is 10.1. The number of halogens is 2. The monoisotopic (exact) mass is 520 g/mol. The molecule has 0 spiro atoms. The average Bonchev–Trinajstić information content (AvgIpc) is 3.40. The zero-order valence-corrected chi connectivity index (χ0v) is 20.3. The third-order valence-electron chi connectivity index (χ3n) is 4.87. The Kier molecular flexibility index (Phi) is 6.97. The fourth-order valence-corrected chi connectivity index (χ4v) is 4.67. The minimum Gasteiger partial charge on any atom is -0.462 e. The molecule has 2 heterocycles. The van der Waals surface area contributed by atoms with Crippen LogP contribution < -0.4 is 20.1 Å². The summed E-state index contributed by atoms with van der Waals surface area (Å²) in [5.74, 6) is -0.679. The van der Waals surface area contributed by atoms with Crippen LogP contribution in [0.3, 0.4) is 0 Å². The van der Waals surface area contributed by atoms with E-state index < -0.39 is 17.8 Å². The third-order valence-corrected chi connectivity index (χ3v) is 6.64. The maximum Gasteiger partial charge on any atom is 0.341 e. The van der Waals surface area contributed by atoms with E-state index in [-0.39, 0.29) is 28.8 Å². The molecule has 1 aliphatic rings. The molecule has 2 aromatic carbocycles. The summed E-state index contributed by atoms with van der Waals surface area (Å²) in [5.41, 5.74) is 1.07. The molecule has 3 aromatic rings. The number of esters is 1. The Morgan fingerprint density at radius 2 is 1.79 bits per heavy atom. The summed E-state index contributed by atoms with van der Waals surface area (Å²) < 4.78 is 15.7. The summed E-state index contributed by atoms with van der Waals surface area (Å²) in [6.07, 6.45) is 0. The van der Waals surface area contributed by atoms with Gasteiger partial charge in [-0.2, -0.15) is 0 Å². The number of anilines is 2. The van der Waals surface area contributed by atoms with Gasteiger partial charge in [0.2, 0.25) is 6.79 Å². The van der Waals surface area contributed by atoms with E-state index in [1.54, 1.807) is 38.1 Å². The van der Waals surface area contributed by atoms with Gasteiger partial charge in [0.05, 0.1) is 27.8 Å². The summed E-state index contributed by atoms with van der Waals surface area (Å²) in [6.45, 7) is 3.47. The van der Waals surface area contributed by atoms with E-state index in [1.807, 2.05) is 0 Å². The Labute approximate surface area is 208 Å². The highest BCUT2D eigenvalue weighted by atomic mass is 35.5. The smallest absolute Gasteiger partial charge is 0.341 e. The molecule has 0 fully saturated rings. The van der Waals surface area contributed by atoms with Gasteiger partial charge in [-0.05, 0) is 55.8 Å². The number of benzene rings is 2. The van der Waals surface area contributed by atoms with Gasteiger partial charge in [0.15, 0.2) is 11.5 Å². The Bertz CT molecular complexity index is 1310. The first kappa shape index (κ1) is 23.9. The number of rotatable bonds is 6. The summed E-state index contributed by atoms with van der Waals surface area (Å²) in [6, 6.07) is 9.40. The minimum absolute atomic E-state index is 0.0760. The number of hydrogen-bond acceptors (Lipinski definition) is 7. The Hall–Kier alpha value is -3.27. The number of amides is 2. The quantitative estimate of drug-likeness (QED) is 0.399. The van der Waals surface area contributed by atoms with Crippen molar-refractivity contribution in [3.8, 4) is 11.5 Å². The molecule has 0 saturated heterocycles. The number of hydrogen-bond donors (Lipinski definition) is 2. The van der Waals surface area contributed by atoms with Crippen molar-refractivity contribution in [2.75, 3.05) is 24.0 Å². The van der Waals surface area contributed by atoms with Gasteiger partial charge < -0.3 is 24.8 Å². The largest absolute Gasteiger partial charge is 0.462 e. The van der Waals surface area contributed by atoms with Crippen molar-refractivity contribution in [1.82, 2.24) is 0 Å². The van der Waals surface area contributed by atoms with Gasteiger partial charge in [-0.1, -0.05) is 23.2 Å². The highest BCUT2D eigenvalue weighted by molar-refractivity contribution is 7.19. The fraction of sp³-hybridized carbons (Fsp3) is 0.174. The van der Waals surface area contributed by atoms with Crippen molar-refractivity contribution in [1.29, 1.82) is 0 Å². The van der Waals surface area contributed by atoms with Crippen LogP contribution in [0.1, 0.15) is 42.9 Å². The van der Waals surface area contributed by atoms with Crippen LogP contribution in [0.5, 0.6) is 11.5 Å². The van der Waals surface area contributed by atoms with Gasteiger partial charge >= 0.3 is 5.97 Å². The summed E-state index contributed by atoms with van der Waals surface area (Å²) >= 11 is 13.1. The van der Waals surface area contributed by atoms with Crippen LogP contribution >= 0.6 is 34.5 Å². The molecule has 4 rings (SSSR count). The van der Waals surface area contributed by atoms with E-state index in [9.17, 15) is 14.4 Å². The average molecular weight is 521 g/mol. The molecule has 1 aliphatic heterocycles. The van der Waals surface area contributed by atoms with E-state index >= 15 is 0 Å². The molecule has 1 aromatic heterocycles. The number of carbonyl (C=O) groups is 3. The van der Waals surface area contributed by atoms with Crippen molar-refractivity contribution >= 4 is 63.0 Å². The van der Waals surface area contributed by atoms with E-state index in [0.29, 0.717) is 38.4 Å². The molecule has 2 N–H and O–H groups in total. The van der Waals surface area contributed by atoms with Crippen molar-refractivity contribution in [3.63, 3.8) is 0 Å². The second kappa shape index (κ2) is 9.92. The van der Waals surface area contributed by atoms with Crippen LogP contribution in [0.4, 0.5) is 10.7 Å². The molecule has 0 unspecified atom stereocenters. The van der Waals surface area contributed by atoms with Crippen LogP contribution in [0.25, 0.3) is 0 Å². The Morgan fingerprint density at radius 1 is 1.03 bits per heavy atom. The molecule has 8 nitrogen and oxygen atoms in total. The standard InChI is InChI=1S/C23H18Cl2N2O6S/c1-3-31-23(30)18-11(2)19(21(29)26-15-9-13(24)5-6-14(15)25)34-22(18)27-20(28)12-4-7-16-17(8-12)33-10-32-16/h4-9H,3,10H2,1-2H3,(H,26,29)(H,27,28). The molecule has 2 amide bonds. The molecular weight excluding hydrogens is 503 g/mol. The number of nitrogens with one attached hydrogen (secondary N) is 2. The molecule has 0 saturated carbocycles. The van der Waals surface area contributed by atoms with Crippen molar-refractivity contribution in [2.45, 2.75) is 13.8 Å². The summed E-state index contributed by atoms with van der Waals surface area (Å²) in [7, 11) is 0. The molecule has 34 heavy (non-hydrogen) atoms. The van der Waals surface area contributed by atoms with Gasteiger partial charge in [0, 0.05) is 10.6 Å². The predicted octanol–water partition coefficient (Wildman–Crippen LogP) is 5.77. The maximum atomic E-state index is 13.0. The minimum atomic E-state index is -0.655. The van der Waals surface area contributed by atoms with Crippen molar-refractivity contribution < 1.29 is 28.6 Å². The zero-order valence-electron chi connectivity index (χ0n) is 18.0. The first-order chi connectivity index (χ1) is 16.3. The highest BCUT2D eigenvalue weighted by Crippen LogP contribution is 2.37. The van der Waals surface area contributed by atoms with E-state index in [2.05, 4.69) is 10.6 Å². The summed E-state index contributed by atoms with van der Waals surface area (Å²) in [4.78, 5) is 38.8. The van der Waals surface area contributed by atoms with Crippen molar-refractivity contribution in [2.24, 2.45) is 0 Å². The predicted molar refractivity (Wildman–Crippen MR) is 130 cm³/mol. The van der Waals surface area contributed by atoms with E-state index in [0.717, 1.165) is 11.3 Å². The number of ether oxygens (including phenoxy) is 3. The molecule has 0 atom stereocenters. The van der Waals surface area contributed by atoms with Crippen molar-refractivity contribution in [3.05, 3.63) is 68.0 Å². The van der Waals surface area contributed by atoms with Gasteiger partial charge in [-0.15, -0.1) is 11.3 Å². The molecule has 176 valence electrons. The third kappa shape index (κ3) is 4.82. The van der Waals surface area contributed by atoms with Gasteiger partial charge in [0.1, 0.15) is 5.00 Å². The lowest BCUT2D eigenvalue weighted by Gasteiger charge is -2.08. The normalized spacial score (nSPS) is 11.8. The van der Waals surface area contributed by atoms with Crippen LogP contribution in [0.15, 0.2) is 36.4 Å². The molecule has 0 bridgehead atoms. The van der Waals surface area contributed by atoms with Gasteiger partial charge in [0.25, 0.3) is 11.8 Å². The SMILES string of the molecule is CCOC(=O)c1c(NC(=O)c2ccc3c(c2)OCO3)sc(C(=O)Nc2cc(Cl)ccc2Cl)c1C. The Morgan fingerprint density at radius 3 is 2.56 bits per heavy atom. The second-order valence-corrected chi connectivity index (χ2v) is 8.95. The highest BCUT2D eigenvalue weighted by Gasteiger charge is 2.27.